The zero-order valence-electron chi connectivity index (χ0n) is 11.4. The summed E-state index contributed by atoms with van der Waals surface area (Å²) in [6, 6.07) is 12.1. The van der Waals surface area contributed by atoms with E-state index >= 15 is 0 Å². The van der Waals surface area contributed by atoms with Gasteiger partial charge in [-0.05, 0) is 17.5 Å². The van der Waals surface area contributed by atoms with Gasteiger partial charge in [-0.2, -0.15) is 0 Å². The zero-order valence-corrected chi connectivity index (χ0v) is 13.6. The highest BCUT2D eigenvalue weighted by Gasteiger charge is 2.21. The molecule has 0 saturated carbocycles. The molecule has 4 heteroatoms. The third-order valence-corrected chi connectivity index (χ3v) is 3.64. The number of fused-ring (bicyclic) bond motifs is 1. The second kappa shape index (κ2) is 6.35. The van der Waals surface area contributed by atoms with E-state index in [4.69, 9.17) is 0 Å². The van der Waals surface area contributed by atoms with Gasteiger partial charge in [0.1, 0.15) is 7.05 Å². The lowest BCUT2D eigenvalue weighted by Crippen LogP contribution is -3.00. The third-order valence-electron chi connectivity index (χ3n) is 3.64. The Balaban J connectivity index is 0.00000147. The van der Waals surface area contributed by atoms with Crippen molar-refractivity contribution in [1.82, 2.24) is 4.90 Å². The molecule has 3 rings (SSSR count). The maximum Gasteiger partial charge on any atom is 0.254 e. The lowest BCUT2D eigenvalue weighted by atomic mass is 9.99. The Bertz CT molecular complexity index is 610. The second-order valence-electron chi connectivity index (χ2n) is 5.00. The van der Waals surface area contributed by atoms with Crippen LogP contribution >= 0.6 is 0 Å². The van der Waals surface area contributed by atoms with E-state index in [9.17, 15) is 4.79 Å². The standard InChI is InChI=1S/C16H17N2O.HI/c1-17-9-6-14(7-10-17)16(19)18-11-8-13-4-2-3-5-15(13)12-18;/h2-7,9-10H,8,11-12H2,1H3;1H/q+1;/p-1. The Hall–Kier alpha value is -1.43. The molecule has 1 aliphatic heterocycles. The van der Waals surface area contributed by atoms with Crippen molar-refractivity contribution in [2.45, 2.75) is 13.0 Å². The van der Waals surface area contributed by atoms with Crippen LogP contribution in [-0.4, -0.2) is 17.4 Å². The van der Waals surface area contributed by atoms with Crippen LogP contribution in [-0.2, 0) is 20.0 Å². The number of halogens is 1. The monoisotopic (exact) mass is 380 g/mol. The molecular formula is C16H17IN2O. The Labute approximate surface area is 136 Å². The molecule has 0 saturated heterocycles. The van der Waals surface area contributed by atoms with Crippen molar-refractivity contribution < 1.29 is 33.3 Å². The van der Waals surface area contributed by atoms with E-state index in [1.165, 1.54) is 11.1 Å². The van der Waals surface area contributed by atoms with Crippen LogP contribution in [0.3, 0.4) is 0 Å². The molecule has 1 aliphatic rings. The molecule has 2 heterocycles. The lowest BCUT2D eigenvalue weighted by molar-refractivity contribution is -0.671. The van der Waals surface area contributed by atoms with Gasteiger partial charge in [0, 0.05) is 25.2 Å². The number of pyridine rings is 1. The van der Waals surface area contributed by atoms with Crippen LogP contribution in [0.25, 0.3) is 0 Å². The molecule has 1 aromatic heterocycles. The van der Waals surface area contributed by atoms with E-state index < -0.39 is 0 Å². The van der Waals surface area contributed by atoms with Crippen LogP contribution in [0.4, 0.5) is 0 Å². The Morgan fingerprint density at radius 2 is 1.75 bits per heavy atom. The first kappa shape index (κ1) is 15.0. The summed E-state index contributed by atoms with van der Waals surface area (Å²) in [6.07, 6.45) is 4.76. The summed E-state index contributed by atoms with van der Waals surface area (Å²) in [6.45, 7) is 1.52. The lowest BCUT2D eigenvalue weighted by Gasteiger charge is -2.28. The molecule has 0 N–H and O–H groups in total. The van der Waals surface area contributed by atoms with Gasteiger partial charge in [-0.3, -0.25) is 4.79 Å². The maximum atomic E-state index is 12.4. The minimum absolute atomic E-state index is 0. The van der Waals surface area contributed by atoms with Crippen LogP contribution in [0.5, 0.6) is 0 Å². The van der Waals surface area contributed by atoms with Crippen molar-refractivity contribution in [1.29, 1.82) is 0 Å². The third kappa shape index (κ3) is 3.00. The number of carbonyl (C=O) groups is 1. The number of rotatable bonds is 1. The van der Waals surface area contributed by atoms with E-state index in [0.717, 1.165) is 25.1 Å². The van der Waals surface area contributed by atoms with E-state index in [-0.39, 0.29) is 29.9 Å². The summed E-state index contributed by atoms with van der Waals surface area (Å²) in [4.78, 5) is 14.4. The number of aryl methyl sites for hydroxylation is 1. The average Bonchev–Trinajstić information content (AvgIpc) is 2.47. The van der Waals surface area contributed by atoms with E-state index in [2.05, 4.69) is 18.2 Å². The van der Waals surface area contributed by atoms with Gasteiger partial charge in [-0.1, -0.05) is 24.3 Å². The Morgan fingerprint density at radius 3 is 2.45 bits per heavy atom. The molecule has 0 aliphatic carbocycles. The number of hydrogen-bond donors (Lipinski definition) is 0. The SMILES string of the molecule is C[n+]1ccc(C(=O)N2CCc3ccccc3C2)cc1.[I-]. The van der Waals surface area contributed by atoms with Gasteiger partial charge in [0.15, 0.2) is 12.4 Å². The Morgan fingerprint density at radius 1 is 1.10 bits per heavy atom. The number of aromatic nitrogens is 1. The van der Waals surface area contributed by atoms with Gasteiger partial charge in [0.05, 0.1) is 5.56 Å². The molecule has 104 valence electrons. The molecule has 0 bridgehead atoms. The first-order valence-corrected chi connectivity index (χ1v) is 6.55. The molecule has 0 fully saturated rings. The zero-order chi connectivity index (χ0) is 13.2. The quantitative estimate of drug-likeness (QED) is 0.447. The smallest absolute Gasteiger partial charge is 0.254 e. The molecule has 3 nitrogen and oxygen atoms in total. The number of nitrogens with zero attached hydrogens (tertiary/aromatic N) is 2. The van der Waals surface area contributed by atoms with Crippen LogP contribution < -0.4 is 28.5 Å². The fourth-order valence-corrected chi connectivity index (χ4v) is 2.50. The van der Waals surface area contributed by atoms with Crippen molar-refractivity contribution in [2.24, 2.45) is 7.05 Å². The minimum atomic E-state index is 0. The summed E-state index contributed by atoms with van der Waals surface area (Å²) in [7, 11) is 1.95. The predicted octanol–water partition coefficient (Wildman–Crippen LogP) is -1.29. The highest BCUT2D eigenvalue weighted by atomic mass is 127. The van der Waals surface area contributed by atoms with E-state index in [0.29, 0.717) is 0 Å². The fourth-order valence-electron chi connectivity index (χ4n) is 2.50. The molecule has 1 amide bonds. The number of amides is 1. The number of benzene rings is 1. The maximum absolute atomic E-state index is 12.4. The van der Waals surface area contributed by atoms with Gasteiger partial charge in [0.25, 0.3) is 5.91 Å². The van der Waals surface area contributed by atoms with Gasteiger partial charge >= 0.3 is 0 Å². The van der Waals surface area contributed by atoms with Crippen molar-refractivity contribution in [3.05, 3.63) is 65.5 Å². The normalized spacial score (nSPS) is 13.3. The molecule has 0 atom stereocenters. The van der Waals surface area contributed by atoms with E-state index in [1.807, 2.05) is 47.1 Å². The van der Waals surface area contributed by atoms with Crippen molar-refractivity contribution in [3.63, 3.8) is 0 Å². The van der Waals surface area contributed by atoms with Crippen LogP contribution in [0.2, 0.25) is 0 Å². The number of hydrogen-bond acceptors (Lipinski definition) is 1. The summed E-state index contributed by atoms with van der Waals surface area (Å²) in [5.74, 6) is 0.120. The molecule has 0 unspecified atom stereocenters. The molecule has 0 radical (unpaired) electrons. The molecule has 1 aromatic carbocycles. The molecular weight excluding hydrogens is 363 g/mol. The average molecular weight is 380 g/mol. The van der Waals surface area contributed by atoms with E-state index in [1.54, 1.807) is 0 Å². The summed E-state index contributed by atoms with van der Waals surface area (Å²) >= 11 is 0. The molecule has 0 spiro atoms. The highest BCUT2D eigenvalue weighted by molar-refractivity contribution is 5.94. The highest BCUT2D eigenvalue weighted by Crippen LogP contribution is 2.19. The predicted molar refractivity (Wildman–Crippen MR) is 72.5 cm³/mol. The first-order chi connectivity index (χ1) is 9.24. The summed E-state index contributed by atoms with van der Waals surface area (Å²) in [5.41, 5.74) is 3.40. The second-order valence-corrected chi connectivity index (χ2v) is 5.00. The van der Waals surface area contributed by atoms with Gasteiger partial charge in [-0.15, -0.1) is 0 Å². The van der Waals surface area contributed by atoms with Gasteiger partial charge in [0.2, 0.25) is 0 Å². The molecule has 20 heavy (non-hydrogen) atoms. The van der Waals surface area contributed by atoms with Gasteiger partial charge < -0.3 is 28.9 Å². The summed E-state index contributed by atoms with van der Waals surface area (Å²) in [5, 5.41) is 0. The number of carbonyl (C=O) groups excluding carboxylic acids is 1. The fraction of sp³-hybridized carbons (Fsp3) is 0.250. The van der Waals surface area contributed by atoms with Crippen molar-refractivity contribution in [3.8, 4) is 0 Å². The Kier molecular flexibility index (Phi) is 4.75. The largest absolute Gasteiger partial charge is 1.00 e. The molecule has 2 aromatic rings. The van der Waals surface area contributed by atoms with Crippen molar-refractivity contribution in [2.75, 3.05) is 6.54 Å². The van der Waals surface area contributed by atoms with Crippen LogP contribution in [0, 0.1) is 0 Å². The topological polar surface area (TPSA) is 24.2 Å². The van der Waals surface area contributed by atoms with Crippen LogP contribution in [0.1, 0.15) is 21.5 Å². The van der Waals surface area contributed by atoms with Crippen LogP contribution in [0.15, 0.2) is 48.8 Å². The minimum Gasteiger partial charge on any atom is -1.00 e. The first-order valence-electron chi connectivity index (χ1n) is 6.55. The van der Waals surface area contributed by atoms with Gasteiger partial charge in [-0.25, -0.2) is 4.57 Å². The summed E-state index contributed by atoms with van der Waals surface area (Å²) < 4.78 is 1.93. The van der Waals surface area contributed by atoms with Crippen molar-refractivity contribution >= 4 is 5.91 Å².